The normalized spacial score (nSPS) is 10.2. The summed E-state index contributed by atoms with van der Waals surface area (Å²) in [4.78, 5) is 22.3. The highest BCUT2D eigenvalue weighted by atomic mass is 79.9. The molecule has 0 bridgehead atoms. The van der Waals surface area contributed by atoms with Gasteiger partial charge in [0, 0.05) is 18.3 Å². The Hall–Kier alpha value is -2.07. The molecular weight excluding hydrogens is 362 g/mol. The number of benzene rings is 1. The number of nitro benzene ring substituents is 1. The van der Waals surface area contributed by atoms with Gasteiger partial charge in [-0.25, -0.2) is 0 Å². The third-order valence-electron chi connectivity index (χ3n) is 2.35. The van der Waals surface area contributed by atoms with Gasteiger partial charge < -0.3 is 10.6 Å². The van der Waals surface area contributed by atoms with Crippen LogP contribution in [-0.4, -0.2) is 27.6 Å². The molecule has 8 nitrogen and oxygen atoms in total. The maximum atomic E-state index is 12.0. The first-order valence-corrected chi connectivity index (χ1v) is 7.45. The topological polar surface area (TPSA) is 110 Å². The van der Waals surface area contributed by atoms with Crippen LogP contribution in [-0.2, 0) is 0 Å². The van der Waals surface area contributed by atoms with Crippen molar-refractivity contribution in [2.75, 3.05) is 17.2 Å². The van der Waals surface area contributed by atoms with Crippen molar-refractivity contribution in [1.82, 2.24) is 10.2 Å². The number of halogens is 1. The predicted molar refractivity (Wildman–Crippen MR) is 82.8 cm³/mol. The number of amides is 1. The highest BCUT2D eigenvalue weighted by Gasteiger charge is 2.16. The Kier molecular flexibility index (Phi) is 4.81. The monoisotopic (exact) mass is 371 g/mol. The van der Waals surface area contributed by atoms with E-state index in [-0.39, 0.29) is 10.7 Å². The molecule has 1 aromatic carbocycles. The van der Waals surface area contributed by atoms with Crippen molar-refractivity contribution >= 4 is 49.7 Å². The molecule has 0 atom stereocenters. The molecule has 0 unspecified atom stereocenters. The third-order valence-corrected chi connectivity index (χ3v) is 3.90. The fourth-order valence-corrected chi connectivity index (χ4v) is 2.55. The van der Waals surface area contributed by atoms with E-state index in [0.717, 1.165) is 11.3 Å². The molecule has 0 saturated carbocycles. The maximum absolute atomic E-state index is 12.0. The zero-order chi connectivity index (χ0) is 15.4. The molecule has 0 aliphatic rings. The lowest BCUT2D eigenvalue weighted by molar-refractivity contribution is -0.385. The molecular formula is C11H10BrN5O3S. The fraction of sp³-hybridized carbons (Fsp3) is 0.182. The van der Waals surface area contributed by atoms with Crippen molar-refractivity contribution in [3.8, 4) is 0 Å². The van der Waals surface area contributed by atoms with Crippen LogP contribution in [0.5, 0.6) is 0 Å². The molecule has 0 aliphatic heterocycles. The molecule has 21 heavy (non-hydrogen) atoms. The van der Waals surface area contributed by atoms with Gasteiger partial charge in [-0.1, -0.05) is 11.3 Å². The van der Waals surface area contributed by atoms with Crippen molar-refractivity contribution in [1.29, 1.82) is 0 Å². The van der Waals surface area contributed by atoms with Crippen LogP contribution in [0.4, 0.5) is 16.5 Å². The van der Waals surface area contributed by atoms with Gasteiger partial charge in [0.2, 0.25) is 10.1 Å². The van der Waals surface area contributed by atoms with E-state index in [1.165, 1.54) is 12.1 Å². The summed E-state index contributed by atoms with van der Waals surface area (Å²) < 4.78 is 0.343. The van der Waals surface area contributed by atoms with Crippen LogP contribution in [0.25, 0.3) is 0 Å². The first-order chi connectivity index (χ1) is 10.0. The number of nitro groups is 1. The number of nitrogens with zero attached hydrogens (tertiary/aromatic N) is 3. The van der Waals surface area contributed by atoms with E-state index in [2.05, 4.69) is 36.8 Å². The van der Waals surface area contributed by atoms with Gasteiger partial charge in [0.25, 0.3) is 11.6 Å². The molecule has 10 heteroatoms. The number of hydrogen-bond donors (Lipinski definition) is 2. The number of hydrogen-bond acceptors (Lipinski definition) is 7. The molecule has 0 saturated heterocycles. The molecule has 0 radical (unpaired) electrons. The number of carbonyl (C=O) groups excluding carboxylic acids is 1. The van der Waals surface area contributed by atoms with Gasteiger partial charge in [-0.15, -0.1) is 10.2 Å². The molecule has 2 rings (SSSR count). The second kappa shape index (κ2) is 6.59. The van der Waals surface area contributed by atoms with Gasteiger partial charge >= 0.3 is 0 Å². The summed E-state index contributed by atoms with van der Waals surface area (Å²) in [7, 11) is 0. The summed E-state index contributed by atoms with van der Waals surface area (Å²) >= 11 is 4.19. The predicted octanol–water partition coefficient (Wildman–Crippen LogP) is 2.89. The van der Waals surface area contributed by atoms with Gasteiger partial charge in [0.1, 0.15) is 0 Å². The second-order valence-corrected chi connectivity index (χ2v) is 5.65. The number of nitrogens with one attached hydrogen (secondary N) is 2. The van der Waals surface area contributed by atoms with Crippen LogP contribution < -0.4 is 10.6 Å². The van der Waals surface area contributed by atoms with Gasteiger partial charge in [-0.2, -0.15) is 0 Å². The van der Waals surface area contributed by atoms with Crippen LogP contribution in [0.15, 0.2) is 22.7 Å². The largest absolute Gasteiger partial charge is 0.360 e. The van der Waals surface area contributed by atoms with Crippen LogP contribution in [0.3, 0.4) is 0 Å². The molecule has 1 amide bonds. The van der Waals surface area contributed by atoms with Crippen molar-refractivity contribution in [2.24, 2.45) is 0 Å². The quantitative estimate of drug-likeness (QED) is 0.617. The minimum Gasteiger partial charge on any atom is -0.360 e. The Morgan fingerprint density at radius 2 is 2.24 bits per heavy atom. The third kappa shape index (κ3) is 3.73. The van der Waals surface area contributed by atoms with Crippen LogP contribution in [0.2, 0.25) is 0 Å². The van der Waals surface area contributed by atoms with Gasteiger partial charge in [-0.05, 0) is 35.0 Å². The zero-order valence-electron chi connectivity index (χ0n) is 10.8. The summed E-state index contributed by atoms with van der Waals surface area (Å²) in [5.41, 5.74) is 0.188. The molecule has 2 N–H and O–H groups in total. The summed E-state index contributed by atoms with van der Waals surface area (Å²) in [6.07, 6.45) is 0. The van der Waals surface area contributed by atoms with E-state index in [4.69, 9.17) is 0 Å². The first kappa shape index (κ1) is 15.3. The minimum absolute atomic E-state index is 0.126. The van der Waals surface area contributed by atoms with E-state index < -0.39 is 10.8 Å². The molecule has 0 spiro atoms. The maximum Gasteiger partial charge on any atom is 0.286 e. The summed E-state index contributed by atoms with van der Waals surface area (Å²) in [5, 5.41) is 24.6. The van der Waals surface area contributed by atoms with Crippen molar-refractivity contribution in [3.63, 3.8) is 0 Å². The summed E-state index contributed by atoms with van der Waals surface area (Å²) in [6.45, 7) is 2.58. The van der Waals surface area contributed by atoms with Crippen LogP contribution in [0.1, 0.15) is 16.7 Å². The van der Waals surface area contributed by atoms with Crippen LogP contribution >= 0.6 is 27.3 Å². The molecule has 1 heterocycles. The molecule has 2 aromatic rings. The second-order valence-electron chi connectivity index (χ2n) is 3.82. The van der Waals surface area contributed by atoms with E-state index in [0.29, 0.717) is 21.8 Å². The molecule has 0 fully saturated rings. The standard InChI is InChI=1S/C11H10BrN5O3S/c1-2-13-11-16-15-10(21-11)9(18)14-6-3-4-7(12)8(5-6)17(19)20/h3-5H,2H2,1H3,(H,13,16)(H,14,18). The average molecular weight is 372 g/mol. The number of carbonyl (C=O) groups is 1. The van der Waals surface area contributed by atoms with Gasteiger partial charge in [0.05, 0.1) is 9.40 Å². The highest BCUT2D eigenvalue weighted by Crippen LogP contribution is 2.28. The molecule has 0 aliphatic carbocycles. The number of anilines is 2. The Morgan fingerprint density at radius 1 is 1.48 bits per heavy atom. The van der Waals surface area contributed by atoms with E-state index >= 15 is 0 Å². The lowest BCUT2D eigenvalue weighted by Crippen LogP contribution is -2.11. The van der Waals surface area contributed by atoms with Gasteiger partial charge in [-0.3, -0.25) is 14.9 Å². The smallest absolute Gasteiger partial charge is 0.286 e. The van der Waals surface area contributed by atoms with E-state index in [1.807, 2.05) is 6.92 Å². The lowest BCUT2D eigenvalue weighted by Gasteiger charge is -2.03. The summed E-state index contributed by atoms with van der Waals surface area (Å²) in [5.74, 6) is -0.465. The minimum atomic E-state index is -0.534. The first-order valence-electron chi connectivity index (χ1n) is 5.84. The Morgan fingerprint density at radius 3 is 2.90 bits per heavy atom. The highest BCUT2D eigenvalue weighted by molar-refractivity contribution is 9.10. The van der Waals surface area contributed by atoms with Crippen LogP contribution in [0, 0.1) is 10.1 Å². The SMILES string of the molecule is CCNc1nnc(C(=O)Nc2ccc(Br)c([N+](=O)[O-])c2)s1. The van der Waals surface area contributed by atoms with E-state index in [9.17, 15) is 14.9 Å². The fourth-order valence-electron chi connectivity index (χ4n) is 1.45. The Balaban J connectivity index is 2.15. The van der Waals surface area contributed by atoms with E-state index in [1.54, 1.807) is 6.07 Å². The molecule has 110 valence electrons. The Bertz CT molecular complexity index is 690. The van der Waals surface area contributed by atoms with Crippen molar-refractivity contribution in [2.45, 2.75) is 6.92 Å². The molecule has 1 aromatic heterocycles. The van der Waals surface area contributed by atoms with Gasteiger partial charge in [0.15, 0.2) is 0 Å². The van der Waals surface area contributed by atoms with Crippen molar-refractivity contribution in [3.05, 3.63) is 37.8 Å². The number of aromatic nitrogens is 2. The summed E-state index contributed by atoms with van der Waals surface area (Å²) in [6, 6.07) is 4.33. The number of rotatable bonds is 5. The average Bonchev–Trinajstić information content (AvgIpc) is 2.90. The van der Waals surface area contributed by atoms with Crippen molar-refractivity contribution < 1.29 is 9.72 Å². The lowest BCUT2D eigenvalue weighted by atomic mass is 10.3. The Labute approximate surface area is 131 Å². The zero-order valence-corrected chi connectivity index (χ0v) is 13.2.